The predicted octanol–water partition coefficient (Wildman–Crippen LogP) is 1.88. The van der Waals surface area contributed by atoms with Gasteiger partial charge in [-0.15, -0.1) is 10.2 Å². The fourth-order valence-corrected chi connectivity index (χ4v) is 4.07. The molecule has 0 unspecified atom stereocenters. The zero-order valence-corrected chi connectivity index (χ0v) is 15.1. The summed E-state index contributed by atoms with van der Waals surface area (Å²) in [6, 6.07) is 0. The van der Waals surface area contributed by atoms with Gasteiger partial charge in [0.1, 0.15) is 0 Å². The molecule has 0 spiro atoms. The summed E-state index contributed by atoms with van der Waals surface area (Å²) in [7, 11) is 0. The van der Waals surface area contributed by atoms with Gasteiger partial charge in [-0.05, 0) is 39.5 Å². The summed E-state index contributed by atoms with van der Waals surface area (Å²) < 4.78 is 16.9. The van der Waals surface area contributed by atoms with E-state index in [0.29, 0.717) is 24.9 Å². The van der Waals surface area contributed by atoms with Crippen LogP contribution in [0.5, 0.6) is 0 Å². The van der Waals surface area contributed by atoms with Gasteiger partial charge < -0.3 is 18.8 Å². The van der Waals surface area contributed by atoms with Gasteiger partial charge in [-0.2, -0.15) is 0 Å². The number of hydrogen-bond donors (Lipinski definition) is 0. The van der Waals surface area contributed by atoms with Crippen LogP contribution in [0.3, 0.4) is 0 Å². The minimum Gasteiger partial charge on any atom is -0.424 e. The molecule has 0 bridgehead atoms. The fourth-order valence-electron chi connectivity index (χ4n) is 4.07. The highest BCUT2D eigenvalue weighted by molar-refractivity contribution is 5.81. The van der Waals surface area contributed by atoms with Crippen LogP contribution in [-0.4, -0.2) is 60.0 Å². The lowest BCUT2D eigenvalue weighted by molar-refractivity contribution is -0.152. The third-order valence-corrected chi connectivity index (χ3v) is 5.77. The molecule has 0 aromatic carbocycles. The van der Waals surface area contributed by atoms with Gasteiger partial charge in [0.05, 0.1) is 11.5 Å². The molecule has 2 aliphatic heterocycles. The Morgan fingerprint density at radius 3 is 2.68 bits per heavy atom. The number of carbonyl (C=O) groups excluding carboxylic acids is 1. The van der Waals surface area contributed by atoms with Crippen molar-refractivity contribution in [3.63, 3.8) is 0 Å². The Morgan fingerprint density at radius 1 is 1.28 bits per heavy atom. The monoisotopic (exact) mass is 349 g/mol. The number of rotatable bonds is 5. The van der Waals surface area contributed by atoms with E-state index in [9.17, 15) is 4.79 Å². The second-order valence-electron chi connectivity index (χ2n) is 7.83. The van der Waals surface area contributed by atoms with Crippen LogP contribution < -0.4 is 0 Å². The van der Waals surface area contributed by atoms with E-state index in [-0.39, 0.29) is 23.3 Å². The van der Waals surface area contributed by atoms with Crippen molar-refractivity contribution in [2.75, 3.05) is 32.9 Å². The minimum atomic E-state index is -0.213. The van der Waals surface area contributed by atoms with Crippen LogP contribution >= 0.6 is 0 Å². The SMILES string of the molecule is CCOC1CC(C(=O)N2CC(C)(c3nnc(C4CCOCC4)o3)C2)C1. The third kappa shape index (κ3) is 3.19. The number of nitrogens with zero attached hydrogens (tertiary/aromatic N) is 3. The predicted molar refractivity (Wildman–Crippen MR) is 89.2 cm³/mol. The summed E-state index contributed by atoms with van der Waals surface area (Å²) in [6.07, 6.45) is 3.85. The van der Waals surface area contributed by atoms with Gasteiger partial charge in [0, 0.05) is 44.7 Å². The van der Waals surface area contributed by atoms with Gasteiger partial charge in [0.25, 0.3) is 0 Å². The van der Waals surface area contributed by atoms with E-state index in [2.05, 4.69) is 17.1 Å². The molecule has 1 amide bonds. The molecule has 1 aromatic rings. The maximum atomic E-state index is 12.5. The highest BCUT2D eigenvalue weighted by atomic mass is 16.5. The summed E-state index contributed by atoms with van der Waals surface area (Å²) in [5.74, 6) is 2.07. The zero-order valence-electron chi connectivity index (χ0n) is 15.1. The third-order valence-electron chi connectivity index (χ3n) is 5.77. The van der Waals surface area contributed by atoms with E-state index in [1.807, 2.05) is 11.8 Å². The first-order chi connectivity index (χ1) is 12.1. The van der Waals surface area contributed by atoms with Crippen LogP contribution in [0.25, 0.3) is 0 Å². The number of likely N-dealkylation sites (tertiary alicyclic amines) is 1. The Kier molecular flexibility index (Phi) is 4.54. The Balaban J connectivity index is 1.31. The normalized spacial score (nSPS) is 29.1. The first-order valence-electron chi connectivity index (χ1n) is 9.41. The van der Waals surface area contributed by atoms with Crippen molar-refractivity contribution < 1.29 is 18.7 Å². The smallest absolute Gasteiger partial charge is 0.225 e. The van der Waals surface area contributed by atoms with Crippen LogP contribution in [0.4, 0.5) is 0 Å². The molecule has 1 aromatic heterocycles. The van der Waals surface area contributed by atoms with Gasteiger partial charge in [0.15, 0.2) is 0 Å². The number of hydrogen-bond acceptors (Lipinski definition) is 6. The Hall–Kier alpha value is -1.47. The number of carbonyl (C=O) groups is 1. The van der Waals surface area contributed by atoms with Crippen LogP contribution in [0.1, 0.15) is 57.2 Å². The largest absolute Gasteiger partial charge is 0.424 e. The van der Waals surface area contributed by atoms with E-state index in [1.165, 1.54) is 0 Å². The maximum absolute atomic E-state index is 12.5. The van der Waals surface area contributed by atoms with Crippen molar-refractivity contribution in [3.05, 3.63) is 11.8 Å². The summed E-state index contributed by atoms with van der Waals surface area (Å²) in [5.41, 5.74) is -0.213. The van der Waals surface area contributed by atoms with Gasteiger partial charge in [-0.25, -0.2) is 0 Å². The lowest BCUT2D eigenvalue weighted by Gasteiger charge is -2.48. The molecule has 3 fully saturated rings. The van der Waals surface area contributed by atoms with Crippen molar-refractivity contribution in [2.24, 2.45) is 5.92 Å². The molecule has 3 heterocycles. The lowest BCUT2D eigenvalue weighted by atomic mass is 9.77. The molecular formula is C18H27N3O4. The molecule has 1 saturated carbocycles. The summed E-state index contributed by atoms with van der Waals surface area (Å²) in [6.45, 7) is 7.66. The topological polar surface area (TPSA) is 77.7 Å². The molecule has 7 nitrogen and oxygen atoms in total. The fraction of sp³-hybridized carbons (Fsp3) is 0.833. The number of aromatic nitrogens is 2. The molecule has 3 aliphatic rings. The van der Waals surface area contributed by atoms with Crippen LogP contribution in [0.2, 0.25) is 0 Å². The standard InChI is InChI=1S/C18H27N3O4/c1-3-24-14-8-13(9-14)16(22)21-10-18(2,11-21)17-20-19-15(25-17)12-4-6-23-7-5-12/h12-14H,3-11H2,1-2H3. The van der Waals surface area contributed by atoms with Crippen molar-refractivity contribution in [1.29, 1.82) is 0 Å². The maximum Gasteiger partial charge on any atom is 0.225 e. The van der Waals surface area contributed by atoms with E-state index >= 15 is 0 Å². The summed E-state index contributed by atoms with van der Waals surface area (Å²) in [4.78, 5) is 14.4. The van der Waals surface area contributed by atoms with E-state index < -0.39 is 0 Å². The van der Waals surface area contributed by atoms with Gasteiger partial charge in [0.2, 0.25) is 17.7 Å². The van der Waals surface area contributed by atoms with Gasteiger partial charge in [-0.3, -0.25) is 4.79 Å². The van der Waals surface area contributed by atoms with E-state index in [0.717, 1.165) is 51.4 Å². The first kappa shape index (κ1) is 17.0. The second kappa shape index (κ2) is 6.68. The highest BCUT2D eigenvalue weighted by Crippen LogP contribution is 2.39. The zero-order chi connectivity index (χ0) is 17.4. The van der Waals surface area contributed by atoms with Crippen molar-refractivity contribution in [1.82, 2.24) is 15.1 Å². The second-order valence-corrected chi connectivity index (χ2v) is 7.83. The van der Waals surface area contributed by atoms with Crippen molar-refractivity contribution in [2.45, 2.75) is 57.0 Å². The molecule has 4 rings (SSSR count). The van der Waals surface area contributed by atoms with E-state index in [4.69, 9.17) is 13.9 Å². The first-order valence-corrected chi connectivity index (χ1v) is 9.41. The van der Waals surface area contributed by atoms with Crippen LogP contribution in [-0.2, 0) is 19.7 Å². The summed E-state index contributed by atoms with van der Waals surface area (Å²) in [5, 5.41) is 8.54. The number of amides is 1. The molecule has 2 saturated heterocycles. The van der Waals surface area contributed by atoms with Gasteiger partial charge in [-0.1, -0.05) is 0 Å². The quantitative estimate of drug-likeness (QED) is 0.808. The van der Waals surface area contributed by atoms with Gasteiger partial charge >= 0.3 is 0 Å². The molecule has 0 radical (unpaired) electrons. The molecule has 25 heavy (non-hydrogen) atoms. The van der Waals surface area contributed by atoms with Crippen LogP contribution in [0.15, 0.2) is 4.42 Å². The lowest BCUT2D eigenvalue weighted by Crippen LogP contribution is -2.62. The average Bonchev–Trinajstić information content (AvgIpc) is 3.05. The molecule has 7 heteroatoms. The molecule has 0 atom stereocenters. The molecule has 0 N–H and O–H groups in total. The average molecular weight is 349 g/mol. The Labute approximate surface area is 148 Å². The minimum absolute atomic E-state index is 0.126. The van der Waals surface area contributed by atoms with Crippen molar-refractivity contribution >= 4 is 5.91 Å². The molecular weight excluding hydrogens is 322 g/mol. The Morgan fingerprint density at radius 2 is 2.00 bits per heavy atom. The van der Waals surface area contributed by atoms with E-state index in [1.54, 1.807) is 0 Å². The van der Waals surface area contributed by atoms with Crippen LogP contribution in [0, 0.1) is 5.92 Å². The summed E-state index contributed by atoms with van der Waals surface area (Å²) >= 11 is 0. The highest BCUT2D eigenvalue weighted by Gasteiger charge is 2.49. The number of ether oxygens (including phenoxy) is 2. The Bertz CT molecular complexity index is 614. The molecule has 1 aliphatic carbocycles. The van der Waals surface area contributed by atoms with Crippen molar-refractivity contribution in [3.8, 4) is 0 Å². The molecule has 138 valence electrons.